The van der Waals surface area contributed by atoms with Crippen molar-refractivity contribution in [2.45, 2.75) is 18.3 Å². The third-order valence-electron chi connectivity index (χ3n) is 16.3. The molecule has 0 radical (unpaired) electrons. The maximum absolute atomic E-state index is 5.64. The molecule has 0 N–H and O–H groups in total. The van der Waals surface area contributed by atoms with Gasteiger partial charge in [0.05, 0.1) is 34.8 Å². The van der Waals surface area contributed by atoms with Gasteiger partial charge in [-0.1, -0.05) is 182 Å². The van der Waals surface area contributed by atoms with Crippen LogP contribution in [0.5, 0.6) is 5.75 Å². The van der Waals surface area contributed by atoms with E-state index in [0.717, 1.165) is 58.2 Å². The molecule has 0 saturated heterocycles. The Morgan fingerprint density at radius 1 is 0.434 bits per heavy atom. The Kier molecular flexibility index (Phi) is 10.1. The van der Waals surface area contributed by atoms with Crippen molar-refractivity contribution in [2.24, 2.45) is 0 Å². The summed E-state index contributed by atoms with van der Waals surface area (Å²) in [5.74, 6) is 0.823. The van der Waals surface area contributed by atoms with Gasteiger partial charge < -0.3 is 18.8 Å². The van der Waals surface area contributed by atoms with Crippen molar-refractivity contribution in [3.8, 4) is 39.4 Å². The number of methoxy groups -OCH3 is 1. The highest BCUT2D eigenvalue weighted by Crippen LogP contribution is 2.57. The maximum atomic E-state index is 5.64. The summed E-state index contributed by atoms with van der Waals surface area (Å²) in [4.78, 5) is 2.37. The Morgan fingerprint density at radius 3 is 1.67 bits per heavy atom. The van der Waals surface area contributed by atoms with E-state index in [0.29, 0.717) is 0 Å². The molecule has 360 valence electrons. The number of ether oxygens (including phenoxy) is 1. The van der Waals surface area contributed by atoms with E-state index in [4.69, 9.17) is 4.74 Å². The molecule has 2 heterocycles. The van der Waals surface area contributed by atoms with Crippen molar-refractivity contribution in [1.82, 2.24) is 9.13 Å². The van der Waals surface area contributed by atoms with Crippen LogP contribution in [0, 0.1) is 0 Å². The SMILES string of the molecule is COc1ccc(N(c2ccc(C3(c4cccc(-c5cc(-n6c7c(c8ccccc86)C=CCC7)cc(-n6c7ccccc7c7ccccc76)c5)c4)c4ccccc4-c4ccccc43)cc2)c2cccc3ccccc23)cc1. The average Bonchev–Trinajstić information content (AvgIpc) is 4.27. The van der Waals surface area contributed by atoms with Gasteiger partial charge in [-0.3, -0.25) is 0 Å². The first-order valence-electron chi connectivity index (χ1n) is 26.4. The lowest BCUT2D eigenvalue weighted by Crippen LogP contribution is -2.28. The van der Waals surface area contributed by atoms with Crippen LogP contribution < -0.4 is 9.64 Å². The zero-order valence-corrected chi connectivity index (χ0v) is 42.1. The van der Waals surface area contributed by atoms with Crippen LogP contribution in [0.4, 0.5) is 17.1 Å². The first kappa shape index (κ1) is 43.9. The molecule has 2 aliphatic rings. The fourth-order valence-corrected chi connectivity index (χ4v) is 13.1. The Morgan fingerprint density at radius 2 is 0.987 bits per heavy atom. The Balaban J connectivity index is 0.956. The van der Waals surface area contributed by atoms with Gasteiger partial charge in [0.25, 0.3) is 0 Å². The summed E-state index contributed by atoms with van der Waals surface area (Å²) in [6, 6.07) is 94.4. The van der Waals surface area contributed by atoms with E-state index in [-0.39, 0.29) is 0 Å². The second-order valence-electron chi connectivity index (χ2n) is 20.3. The molecule has 2 aromatic heterocycles. The van der Waals surface area contributed by atoms with Crippen LogP contribution >= 0.6 is 0 Å². The van der Waals surface area contributed by atoms with E-state index < -0.39 is 5.41 Å². The number of allylic oxidation sites excluding steroid dienone is 1. The average molecular weight is 974 g/mol. The molecule has 13 aromatic rings. The predicted octanol–water partition coefficient (Wildman–Crippen LogP) is 18.3. The van der Waals surface area contributed by atoms with Crippen LogP contribution in [0.25, 0.3) is 83.2 Å². The van der Waals surface area contributed by atoms with Gasteiger partial charge >= 0.3 is 0 Å². The van der Waals surface area contributed by atoms with E-state index in [2.05, 4.69) is 269 Å². The number of hydrogen-bond donors (Lipinski definition) is 0. The lowest BCUT2D eigenvalue weighted by atomic mass is 9.67. The van der Waals surface area contributed by atoms with Crippen LogP contribution in [0.2, 0.25) is 0 Å². The number of hydrogen-bond acceptors (Lipinski definition) is 2. The minimum atomic E-state index is -0.637. The van der Waals surface area contributed by atoms with Gasteiger partial charge in [0.15, 0.2) is 0 Å². The summed E-state index contributed by atoms with van der Waals surface area (Å²) in [7, 11) is 1.72. The Hall–Kier alpha value is -9.64. The van der Waals surface area contributed by atoms with Crippen LogP contribution in [-0.4, -0.2) is 16.2 Å². The molecule has 0 aliphatic heterocycles. The third-order valence-corrected chi connectivity index (χ3v) is 16.3. The van der Waals surface area contributed by atoms with Gasteiger partial charge in [0.1, 0.15) is 5.75 Å². The highest BCUT2D eigenvalue weighted by Gasteiger charge is 2.46. The summed E-state index contributed by atoms with van der Waals surface area (Å²) in [5, 5.41) is 6.16. The number of fused-ring (bicyclic) bond motifs is 10. The smallest absolute Gasteiger partial charge is 0.119 e. The Bertz CT molecular complexity index is 4350. The highest BCUT2D eigenvalue weighted by atomic mass is 16.5. The molecular formula is C72H51N3O. The normalized spacial score (nSPS) is 13.3. The standard InChI is InChI=1S/C72H51N3O/c1-76-57-42-40-54(41-43-57)73(67-35-17-19-48-18-2-3-22-58(48)67)53-38-36-51(37-39-53)72(65-29-10-4-23-59(65)60-24-5-11-30-66(60)72)52-21-16-20-49(44-52)50-45-55(74-68-31-12-6-25-61(68)62-26-7-13-32-69(62)74)47-56(46-50)75-70-33-14-8-27-63(70)64-28-9-15-34-71(64)75/h2-14,16-33,35-47H,15,34H2,1H3. The topological polar surface area (TPSA) is 22.3 Å². The number of rotatable bonds is 9. The van der Waals surface area contributed by atoms with Gasteiger partial charge in [-0.25, -0.2) is 0 Å². The zero-order valence-electron chi connectivity index (χ0n) is 42.1. The number of para-hydroxylation sites is 3. The maximum Gasteiger partial charge on any atom is 0.119 e. The number of benzene rings is 11. The van der Waals surface area contributed by atoms with Gasteiger partial charge in [-0.15, -0.1) is 0 Å². The van der Waals surface area contributed by atoms with Crippen molar-refractivity contribution in [3.63, 3.8) is 0 Å². The molecule has 0 amide bonds. The number of nitrogens with zero attached hydrogens (tertiary/aromatic N) is 3. The zero-order chi connectivity index (χ0) is 50.3. The third kappa shape index (κ3) is 6.63. The second kappa shape index (κ2) is 17.5. The fourth-order valence-electron chi connectivity index (χ4n) is 13.1. The summed E-state index contributed by atoms with van der Waals surface area (Å²) in [6.07, 6.45) is 6.65. The number of aromatic nitrogens is 2. The molecule has 0 bridgehead atoms. The van der Waals surface area contributed by atoms with E-state index in [1.54, 1.807) is 7.11 Å². The fraction of sp³-hybridized carbons (Fsp3) is 0.0556. The molecule has 76 heavy (non-hydrogen) atoms. The highest BCUT2D eigenvalue weighted by molar-refractivity contribution is 6.09. The lowest BCUT2D eigenvalue weighted by Gasteiger charge is -2.35. The van der Waals surface area contributed by atoms with E-state index in [9.17, 15) is 0 Å². The molecule has 0 saturated carbocycles. The summed E-state index contributed by atoms with van der Waals surface area (Å²) < 4.78 is 10.7. The monoisotopic (exact) mass is 973 g/mol. The molecule has 0 atom stereocenters. The molecule has 0 spiro atoms. The molecule has 4 heteroatoms. The molecule has 4 nitrogen and oxygen atoms in total. The van der Waals surface area contributed by atoms with Gasteiger partial charge in [-0.05, 0) is 148 Å². The summed E-state index contributed by atoms with van der Waals surface area (Å²) in [5.41, 5.74) is 21.0. The molecule has 15 rings (SSSR count). The molecule has 0 fully saturated rings. The molecule has 2 aliphatic carbocycles. The first-order chi connectivity index (χ1) is 37.7. The molecular weight excluding hydrogens is 923 g/mol. The van der Waals surface area contributed by atoms with Gasteiger partial charge in [0, 0.05) is 55.6 Å². The molecule has 11 aromatic carbocycles. The predicted molar refractivity (Wildman–Crippen MR) is 316 cm³/mol. The van der Waals surface area contributed by atoms with Crippen molar-refractivity contribution in [3.05, 3.63) is 294 Å². The van der Waals surface area contributed by atoms with E-state index >= 15 is 0 Å². The van der Waals surface area contributed by atoms with Crippen molar-refractivity contribution in [1.29, 1.82) is 0 Å². The van der Waals surface area contributed by atoms with Crippen LogP contribution in [0.3, 0.4) is 0 Å². The van der Waals surface area contributed by atoms with Crippen molar-refractivity contribution < 1.29 is 4.74 Å². The quantitative estimate of drug-likeness (QED) is 0.144. The minimum absolute atomic E-state index is 0.637. The van der Waals surface area contributed by atoms with E-state index in [1.165, 1.54) is 88.1 Å². The van der Waals surface area contributed by atoms with Crippen LogP contribution in [0.15, 0.2) is 261 Å². The summed E-state index contributed by atoms with van der Waals surface area (Å²) >= 11 is 0. The van der Waals surface area contributed by atoms with Crippen LogP contribution in [0.1, 0.15) is 39.9 Å². The van der Waals surface area contributed by atoms with Crippen molar-refractivity contribution >= 4 is 66.6 Å². The first-order valence-corrected chi connectivity index (χ1v) is 26.4. The minimum Gasteiger partial charge on any atom is -0.497 e. The Labute approximate surface area is 442 Å². The number of anilines is 3. The van der Waals surface area contributed by atoms with Gasteiger partial charge in [0.2, 0.25) is 0 Å². The summed E-state index contributed by atoms with van der Waals surface area (Å²) in [6.45, 7) is 0. The second-order valence-corrected chi connectivity index (χ2v) is 20.3. The van der Waals surface area contributed by atoms with Gasteiger partial charge in [-0.2, -0.15) is 0 Å². The van der Waals surface area contributed by atoms with Crippen molar-refractivity contribution in [2.75, 3.05) is 12.0 Å². The van der Waals surface area contributed by atoms with Crippen LogP contribution in [-0.2, 0) is 11.8 Å². The van der Waals surface area contributed by atoms with E-state index in [1.807, 2.05) is 12.1 Å². The lowest BCUT2D eigenvalue weighted by molar-refractivity contribution is 0.415. The largest absolute Gasteiger partial charge is 0.497 e. The molecule has 0 unspecified atom stereocenters.